The molecular weight excluding hydrogens is 212 g/mol. The number of nitrogens with one attached hydrogen (secondary N) is 1. The molecule has 0 radical (unpaired) electrons. The lowest BCUT2D eigenvalue weighted by Crippen LogP contribution is -2.45. The number of nitrogens with zero attached hydrogens (tertiary/aromatic N) is 1. The summed E-state index contributed by atoms with van der Waals surface area (Å²) >= 11 is 0. The Morgan fingerprint density at radius 1 is 1.47 bits per heavy atom. The molecule has 0 saturated carbocycles. The lowest BCUT2D eigenvalue weighted by atomic mass is 10.0. The highest BCUT2D eigenvalue weighted by Crippen LogP contribution is 2.14. The molecule has 3 heteroatoms. The van der Waals surface area contributed by atoms with Gasteiger partial charge < -0.3 is 5.32 Å². The van der Waals surface area contributed by atoms with Crippen molar-refractivity contribution in [1.29, 1.82) is 0 Å². The summed E-state index contributed by atoms with van der Waals surface area (Å²) < 4.78 is 0. The molecule has 1 fully saturated rings. The van der Waals surface area contributed by atoms with Crippen LogP contribution in [-0.2, 0) is 4.79 Å². The molecular formula is C14H28N2O. The average molecular weight is 240 g/mol. The van der Waals surface area contributed by atoms with Gasteiger partial charge in [0, 0.05) is 6.42 Å². The Hall–Kier alpha value is -0.570. The first-order valence-electron chi connectivity index (χ1n) is 7.13. The van der Waals surface area contributed by atoms with Crippen LogP contribution in [0.1, 0.15) is 58.8 Å². The largest absolute Gasteiger partial charge is 0.341 e. The van der Waals surface area contributed by atoms with E-state index in [0.29, 0.717) is 6.42 Å². The summed E-state index contributed by atoms with van der Waals surface area (Å²) in [5, 5.41) is 3.12. The molecule has 1 saturated heterocycles. The third-order valence-corrected chi connectivity index (χ3v) is 3.90. The van der Waals surface area contributed by atoms with E-state index in [9.17, 15) is 4.79 Å². The fourth-order valence-corrected chi connectivity index (χ4v) is 2.33. The Bertz CT molecular complexity index is 230. The van der Waals surface area contributed by atoms with E-state index in [2.05, 4.69) is 31.1 Å². The monoisotopic (exact) mass is 240 g/mol. The van der Waals surface area contributed by atoms with Gasteiger partial charge in [-0.15, -0.1) is 0 Å². The maximum absolute atomic E-state index is 11.5. The van der Waals surface area contributed by atoms with Crippen molar-refractivity contribution in [2.45, 2.75) is 65.0 Å². The summed E-state index contributed by atoms with van der Waals surface area (Å²) in [6.07, 6.45) is 8.08. The van der Waals surface area contributed by atoms with E-state index in [0.717, 1.165) is 25.3 Å². The minimum Gasteiger partial charge on any atom is -0.341 e. The molecule has 17 heavy (non-hydrogen) atoms. The van der Waals surface area contributed by atoms with Crippen molar-refractivity contribution in [2.75, 3.05) is 13.6 Å². The van der Waals surface area contributed by atoms with Crippen LogP contribution in [0.3, 0.4) is 0 Å². The predicted octanol–water partition coefficient (Wildman–Crippen LogP) is 2.76. The van der Waals surface area contributed by atoms with Gasteiger partial charge in [0.15, 0.2) is 0 Å². The van der Waals surface area contributed by atoms with Gasteiger partial charge in [-0.2, -0.15) is 0 Å². The lowest BCUT2D eigenvalue weighted by molar-refractivity contribution is -0.122. The van der Waals surface area contributed by atoms with Crippen LogP contribution < -0.4 is 5.32 Å². The van der Waals surface area contributed by atoms with E-state index in [-0.39, 0.29) is 12.1 Å². The van der Waals surface area contributed by atoms with Crippen LogP contribution in [0.5, 0.6) is 0 Å². The second-order valence-corrected chi connectivity index (χ2v) is 5.47. The number of carbonyl (C=O) groups is 1. The molecule has 0 aliphatic carbocycles. The first-order valence-corrected chi connectivity index (χ1v) is 7.13. The van der Waals surface area contributed by atoms with Crippen molar-refractivity contribution in [3.05, 3.63) is 0 Å². The Morgan fingerprint density at radius 3 is 2.94 bits per heavy atom. The molecule has 0 aromatic heterocycles. The average Bonchev–Trinajstić information content (AvgIpc) is 2.53. The standard InChI is InChI=1S/C14H28N2O/c1-4-12(2)8-7-11-16(3)13-9-5-6-10-14(17)15-13/h12-13H,4-11H2,1-3H3,(H,15,17). The maximum atomic E-state index is 11.5. The topological polar surface area (TPSA) is 32.3 Å². The molecule has 2 atom stereocenters. The van der Waals surface area contributed by atoms with Crippen molar-refractivity contribution in [3.63, 3.8) is 0 Å². The Labute approximate surface area is 106 Å². The molecule has 1 N–H and O–H groups in total. The van der Waals surface area contributed by atoms with Gasteiger partial charge in [0.25, 0.3) is 0 Å². The molecule has 0 bridgehead atoms. The predicted molar refractivity (Wildman–Crippen MR) is 71.7 cm³/mol. The van der Waals surface area contributed by atoms with Crippen LogP contribution in [0.15, 0.2) is 0 Å². The van der Waals surface area contributed by atoms with Crippen molar-refractivity contribution in [1.82, 2.24) is 10.2 Å². The van der Waals surface area contributed by atoms with E-state index in [4.69, 9.17) is 0 Å². The molecule has 2 unspecified atom stereocenters. The SMILES string of the molecule is CCC(C)CCCN(C)C1CCCCC(=O)N1. The van der Waals surface area contributed by atoms with Gasteiger partial charge in [-0.25, -0.2) is 0 Å². The summed E-state index contributed by atoms with van der Waals surface area (Å²) in [6, 6.07) is 0. The Balaban J connectivity index is 2.25. The summed E-state index contributed by atoms with van der Waals surface area (Å²) in [7, 11) is 2.13. The molecule has 100 valence electrons. The molecule has 1 aliphatic rings. The van der Waals surface area contributed by atoms with Crippen LogP contribution in [0.25, 0.3) is 0 Å². The van der Waals surface area contributed by atoms with Gasteiger partial charge in [0.2, 0.25) is 5.91 Å². The smallest absolute Gasteiger partial charge is 0.221 e. The van der Waals surface area contributed by atoms with Gasteiger partial charge in [-0.3, -0.25) is 9.69 Å². The Kier molecular flexibility index (Phi) is 6.56. The third kappa shape index (κ3) is 5.53. The van der Waals surface area contributed by atoms with Crippen LogP contribution in [0.2, 0.25) is 0 Å². The summed E-state index contributed by atoms with van der Waals surface area (Å²) in [6.45, 7) is 5.66. The van der Waals surface area contributed by atoms with E-state index in [1.165, 1.54) is 25.7 Å². The summed E-state index contributed by atoms with van der Waals surface area (Å²) in [5.41, 5.74) is 0. The molecule has 1 aliphatic heterocycles. The zero-order valence-electron chi connectivity index (χ0n) is 11.7. The fourth-order valence-electron chi connectivity index (χ4n) is 2.33. The second kappa shape index (κ2) is 7.70. The van der Waals surface area contributed by atoms with Crippen LogP contribution >= 0.6 is 0 Å². The van der Waals surface area contributed by atoms with Crippen LogP contribution in [0, 0.1) is 5.92 Å². The summed E-state index contributed by atoms with van der Waals surface area (Å²) in [5.74, 6) is 1.05. The molecule has 0 spiro atoms. The van der Waals surface area contributed by atoms with E-state index >= 15 is 0 Å². The number of rotatable bonds is 6. The fraction of sp³-hybridized carbons (Fsp3) is 0.929. The molecule has 1 rings (SSSR count). The van der Waals surface area contributed by atoms with Crippen LogP contribution in [-0.4, -0.2) is 30.6 Å². The zero-order chi connectivity index (χ0) is 12.7. The molecule has 0 aromatic carbocycles. The molecule has 3 nitrogen and oxygen atoms in total. The number of amides is 1. The molecule has 1 amide bonds. The minimum atomic E-state index is 0.223. The van der Waals surface area contributed by atoms with Crippen molar-refractivity contribution < 1.29 is 4.79 Å². The quantitative estimate of drug-likeness (QED) is 0.774. The zero-order valence-corrected chi connectivity index (χ0v) is 11.7. The van der Waals surface area contributed by atoms with Gasteiger partial charge in [-0.1, -0.05) is 20.3 Å². The van der Waals surface area contributed by atoms with E-state index in [1.807, 2.05) is 0 Å². The maximum Gasteiger partial charge on any atom is 0.221 e. The van der Waals surface area contributed by atoms with Gasteiger partial charge >= 0.3 is 0 Å². The summed E-state index contributed by atoms with van der Waals surface area (Å²) in [4.78, 5) is 13.8. The van der Waals surface area contributed by atoms with Crippen molar-refractivity contribution >= 4 is 5.91 Å². The van der Waals surface area contributed by atoms with Crippen molar-refractivity contribution in [3.8, 4) is 0 Å². The highest BCUT2D eigenvalue weighted by Gasteiger charge is 2.19. The van der Waals surface area contributed by atoms with E-state index < -0.39 is 0 Å². The van der Waals surface area contributed by atoms with Crippen LogP contribution in [0.4, 0.5) is 0 Å². The van der Waals surface area contributed by atoms with Crippen molar-refractivity contribution in [2.24, 2.45) is 5.92 Å². The highest BCUT2D eigenvalue weighted by molar-refractivity contribution is 5.76. The van der Waals surface area contributed by atoms with E-state index in [1.54, 1.807) is 0 Å². The highest BCUT2D eigenvalue weighted by atomic mass is 16.1. The third-order valence-electron chi connectivity index (χ3n) is 3.90. The number of hydrogen-bond donors (Lipinski definition) is 1. The normalized spacial score (nSPS) is 23.3. The first-order chi connectivity index (χ1) is 8.13. The Morgan fingerprint density at radius 2 is 2.24 bits per heavy atom. The van der Waals surface area contributed by atoms with Gasteiger partial charge in [0.1, 0.15) is 0 Å². The number of carbonyl (C=O) groups excluding carboxylic acids is 1. The van der Waals surface area contributed by atoms with Gasteiger partial charge in [0.05, 0.1) is 6.17 Å². The first kappa shape index (κ1) is 14.5. The minimum absolute atomic E-state index is 0.223. The molecule has 1 heterocycles. The van der Waals surface area contributed by atoms with Gasteiger partial charge in [-0.05, 0) is 51.6 Å². The number of hydrogen-bond acceptors (Lipinski definition) is 2. The lowest BCUT2D eigenvalue weighted by Gasteiger charge is -2.27. The molecule has 0 aromatic rings. The second-order valence-electron chi connectivity index (χ2n) is 5.47.